The van der Waals surface area contributed by atoms with Gasteiger partial charge in [-0.2, -0.15) is 0 Å². The van der Waals surface area contributed by atoms with Crippen LogP contribution < -0.4 is 9.62 Å². The fourth-order valence-electron chi connectivity index (χ4n) is 2.91. The number of carbonyl (C=O) groups excluding carboxylic acids is 1. The lowest BCUT2D eigenvalue weighted by atomic mass is 10.2. The van der Waals surface area contributed by atoms with Gasteiger partial charge in [0.05, 0.1) is 10.6 Å². The molecule has 150 valence electrons. The standard InChI is InChI=1S/C22H21ClN2O3S/c1-16-12-13-18(23)14-20(16)24-22(26)15-25(21-11-7-6-8-17(21)2)29(27,28)19-9-4-3-5-10-19/h3-14H,15H2,1-2H3,(H,24,26). The largest absolute Gasteiger partial charge is 0.324 e. The summed E-state index contributed by atoms with van der Waals surface area (Å²) in [6, 6.07) is 20.3. The fourth-order valence-corrected chi connectivity index (χ4v) is 4.59. The highest BCUT2D eigenvalue weighted by Crippen LogP contribution is 2.27. The van der Waals surface area contributed by atoms with Crippen LogP contribution in [0.3, 0.4) is 0 Å². The predicted octanol–water partition coefficient (Wildman–Crippen LogP) is 4.79. The van der Waals surface area contributed by atoms with Gasteiger partial charge in [-0.05, 0) is 55.3 Å². The SMILES string of the molecule is Cc1ccc(Cl)cc1NC(=O)CN(c1ccccc1C)S(=O)(=O)c1ccccc1. The zero-order valence-corrected chi connectivity index (χ0v) is 17.7. The number of carbonyl (C=O) groups is 1. The van der Waals surface area contributed by atoms with Gasteiger partial charge in [0, 0.05) is 10.7 Å². The number of nitrogens with zero attached hydrogens (tertiary/aromatic N) is 1. The minimum Gasteiger partial charge on any atom is -0.324 e. The van der Waals surface area contributed by atoms with E-state index in [1.807, 2.05) is 26.0 Å². The third-order valence-electron chi connectivity index (χ3n) is 4.48. The minimum absolute atomic E-state index is 0.120. The molecule has 0 aliphatic rings. The van der Waals surface area contributed by atoms with E-state index in [-0.39, 0.29) is 11.4 Å². The normalized spacial score (nSPS) is 11.1. The van der Waals surface area contributed by atoms with Gasteiger partial charge < -0.3 is 5.32 Å². The summed E-state index contributed by atoms with van der Waals surface area (Å²) < 4.78 is 27.8. The fraction of sp³-hybridized carbons (Fsp3) is 0.136. The first-order chi connectivity index (χ1) is 13.8. The lowest BCUT2D eigenvalue weighted by molar-refractivity contribution is -0.114. The van der Waals surface area contributed by atoms with Crippen molar-refractivity contribution in [2.24, 2.45) is 0 Å². The van der Waals surface area contributed by atoms with Crippen molar-refractivity contribution in [3.63, 3.8) is 0 Å². The van der Waals surface area contributed by atoms with E-state index in [4.69, 9.17) is 11.6 Å². The molecule has 0 saturated heterocycles. The number of benzene rings is 3. The number of sulfonamides is 1. The van der Waals surface area contributed by atoms with Crippen LogP contribution in [0.5, 0.6) is 0 Å². The first kappa shape index (κ1) is 20.9. The topological polar surface area (TPSA) is 66.5 Å². The third-order valence-corrected chi connectivity index (χ3v) is 6.49. The van der Waals surface area contributed by atoms with E-state index in [1.165, 1.54) is 12.1 Å². The number of aryl methyl sites for hydroxylation is 2. The second kappa shape index (κ2) is 8.68. The second-order valence-electron chi connectivity index (χ2n) is 6.62. The molecule has 3 aromatic carbocycles. The molecule has 0 unspecified atom stereocenters. The number of nitrogens with one attached hydrogen (secondary N) is 1. The van der Waals surface area contributed by atoms with Crippen LogP contribution in [0.1, 0.15) is 11.1 Å². The second-order valence-corrected chi connectivity index (χ2v) is 8.92. The first-order valence-electron chi connectivity index (χ1n) is 8.98. The molecule has 3 aromatic rings. The maximum Gasteiger partial charge on any atom is 0.264 e. The summed E-state index contributed by atoms with van der Waals surface area (Å²) in [6.45, 7) is 3.28. The number of rotatable bonds is 6. The van der Waals surface area contributed by atoms with Crippen molar-refractivity contribution < 1.29 is 13.2 Å². The monoisotopic (exact) mass is 428 g/mol. The number of anilines is 2. The van der Waals surface area contributed by atoms with Crippen molar-refractivity contribution in [1.29, 1.82) is 0 Å². The highest BCUT2D eigenvalue weighted by Gasteiger charge is 2.28. The average molecular weight is 429 g/mol. The van der Waals surface area contributed by atoms with Crippen LogP contribution in [0.2, 0.25) is 5.02 Å². The van der Waals surface area contributed by atoms with Crippen molar-refractivity contribution in [1.82, 2.24) is 0 Å². The lowest BCUT2D eigenvalue weighted by Gasteiger charge is -2.25. The zero-order chi connectivity index (χ0) is 21.0. The molecule has 1 amide bonds. The summed E-state index contributed by atoms with van der Waals surface area (Å²) in [6.07, 6.45) is 0. The van der Waals surface area contributed by atoms with E-state index in [1.54, 1.807) is 48.5 Å². The van der Waals surface area contributed by atoms with Gasteiger partial charge in [0.2, 0.25) is 5.91 Å². The highest BCUT2D eigenvalue weighted by molar-refractivity contribution is 7.92. The van der Waals surface area contributed by atoms with Gasteiger partial charge in [-0.1, -0.05) is 54.1 Å². The quantitative estimate of drug-likeness (QED) is 0.613. The van der Waals surface area contributed by atoms with Crippen LogP contribution in [-0.2, 0) is 14.8 Å². The van der Waals surface area contributed by atoms with E-state index in [2.05, 4.69) is 5.32 Å². The van der Waals surface area contributed by atoms with Crippen LogP contribution in [0.4, 0.5) is 11.4 Å². The van der Waals surface area contributed by atoms with Gasteiger partial charge in [-0.3, -0.25) is 9.10 Å². The molecule has 1 N–H and O–H groups in total. The van der Waals surface area contributed by atoms with Crippen molar-refractivity contribution in [2.75, 3.05) is 16.2 Å². The Kier molecular flexibility index (Phi) is 6.25. The van der Waals surface area contributed by atoms with Crippen molar-refractivity contribution in [3.8, 4) is 0 Å². The molecular weight excluding hydrogens is 408 g/mol. The van der Waals surface area contributed by atoms with Gasteiger partial charge >= 0.3 is 0 Å². The van der Waals surface area contributed by atoms with Gasteiger partial charge in [-0.25, -0.2) is 8.42 Å². The Hall–Kier alpha value is -2.83. The molecular formula is C22H21ClN2O3S. The molecule has 0 aliphatic carbocycles. The molecule has 0 aliphatic heterocycles. The number of hydrogen-bond donors (Lipinski definition) is 1. The van der Waals surface area contributed by atoms with E-state index >= 15 is 0 Å². The molecule has 0 atom stereocenters. The number of halogens is 1. The summed E-state index contributed by atoms with van der Waals surface area (Å²) in [5, 5.41) is 3.25. The molecule has 7 heteroatoms. The van der Waals surface area contributed by atoms with E-state index in [0.717, 1.165) is 15.4 Å². The Balaban J connectivity index is 1.97. The van der Waals surface area contributed by atoms with Gasteiger partial charge in [0.1, 0.15) is 6.54 Å². The first-order valence-corrected chi connectivity index (χ1v) is 10.8. The van der Waals surface area contributed by atoms with Crippen LogP contribution in [0.15, 0.2) is 77.7 Å². The number of para-hydroxylation sites is 1. The molecule has 3 rings (SSSR count). The Labute approximate surface area is 176 Å². The van der Waals surface area contributed by atoms with Crippen molar-refractivity contribution in [2.45, 2.75) is 18.7 Å². The van der Waals surface area contributed by atoms with Crippen molar-refractivity contribution in [3.05, 3.63) is 88.9 Å². The summed E-state index contributed by atoms with van der Waals surface area (Å²) in [7, 11) is -3.94. The molecule has 0 heterocycles. The number of amides is 1. The third kappa shape index (κ3) is 4.78. The Morgan fingerprint density at radius 3 is 2.28 bits per heavy atom. The van der Waals surface area contributed by atoms with Crippen LogP contribution in [0, 0.1) is 13.8 Å². The van der Waals surface area contributed by atoms with Gasteiger partial charge in [-0.15, -0.1) is 0 Å². The van der Waals surface area contributed by atoms with E-state index < -0.39 is 15.9 Å². The summed E-state index contributed by atoms with van der Waals surface area (Å²) in [5.74, 6) is -0.460. The summed E-state index contributed by atoms with van der Waals surface area (Å²) in [5.41, 5.74) is 2.58. The Morgan fingerprint density at radius 1 is 0.931 bits per heavy atom. The molecule has 0 bridgehead atoms. The molecule has 0 spiro atoms. The summed E-state index contributed by atoms with van der Waals surface area (Å²) >= 11 is 6.02. The minimum atomic E-state index is -3.94. The summed E-state index contributed by atoms with van der Waals surface area (Å²) in [4.78, 5) is 12.9. The maximum atomic E-state index is 13.3. The zero-order valence-electron chi connectivity index (χ0n) is 16.1. The molecule has 0 radical (unpaired) electrons. The van der Waals surface area contributed by atoms with E-state index in [9.17, 15) is 13.2 Å². The predicted molar refractivity (Wildman–Crippen MR) is 117 cm³/mol. The number of hydrogen-bond acceptors (Lipinski definition) is 3. The maximum absolute atomic E-state index is 13.3. The molecule has 29 heavy (non-hydrogen) atoms. The molecule has 5 nitrogen and oxygen atoms in total. The Morgan fingerprint density at radius 2 is 1.59 bits per heavy atom. The molecule has 0 fully saturated rings. The van der Waals surface area contributed by atoms with Crippen molar-refractivity contribution >= 4 is 38.9 Å². The average Bonchev–Trinajstić information content (AvgIpc) is 2.70. The molecule has 0 aromatic heterocycles. The Bertz CT molecular complexity index is 1130. The van der Waals surface area contributed by atoms with E-state index in [0.29, 0.717) is 16.4 Å². The van der Waals surface area contributed by atoms with Crippen LogP contribution >= 0.6 is 11.6 Å². The van der Waals surface area contributed by atoms with Gasteiger partial charge in [0.25, 0.3) is 10.0 Å². The lowest BCUT2D eigenvalue weighted by Crippen LogP contribution is -2.38. The molecule has 0 saturated carbocycles. The van der Waals surface area contributed by atoms with Crippen LogP contribution in [-0.4, -0.2) is 20.9 Å². The highest BCUT2D eigenvalue weighted by atomic mass is 35.5. The smallest absolute Gasteiger partial charge is 0.264 e. The van der Waals surface area contributed by atoms with Gasteiger partial charge in [0.15, 0.2) is 0 Å². The van der Waals surface area contributed by atoms with Crippen LogP contribution in [0.25, 0.3) is 0 Å².